The summed E-state index contributed by atoms with van der Waals surface area (Å²) in [7, 11) is 0. The number of rotatable bonds is 3. The van der Waals surface area contributed by atoms with Crippen molar-refractivity contribution in [2.75, 3.05) is 0 Å². The second-order valence-electron chi connectivity index (χ2n) is 7.30. The lowest BCUT2D eigenvalue weighted by Gasteiger charge is -2.19. The molecule has 2 aromatic carbocycles. The Kier molecular flexibility index (Phi) is 4.61. The molecule has 26 heavy (non-hydrogen) atoms. The third-order valence-corrected chi connectivity index (χ3v) is 4.36. The van der Waals surface area contributed by atoms with E-state index in [9.17, 15) is 9.59 Å². The third-order valence-electron chi connectivity index (χ3n) is 4.36. The molecule has 1 amide bonds. The molecule has 3 aromatic rings. The largest absolute Gasteiger partial charge is 0.294 e. The van der Waals surface area contributed by atoms with Crippen LogP contribution in [0.25, 0.3) is 10.9 Å². The molecule has 0 aliphatic carbocycles. The lowest BCUT2D eigenvalue weighted by molar-refractivity contribution is 0.0706. The van der Waals surface area contributed by atoms with Gasteiger partial charge >= 0.3 is 0 Å². The fraction of sp³-hybridized carbons (Fsp3) is 0.250. The number of benzene rings is 2. The zero-order valence-electron chi connectivity index (χ0n) is 15.0. The standard InChI is InChI=1S/C20H21N3O3/c1-20(2,3)15-7-4-13(5-8-15)11-23-12-21-17-9-6-14(18(24)22-26)10-16(17)19(23)25/h4-10,12,26H,11H2,1-3H3,(H,22,24). The minimum Gasteiger partial charge on any atom is -0.294 e. The van der Waals surface area contributed by atoms with Crippen molar-refractivity contribution >= 4 is 16.8 Å². The maximum Gasteiger partial charge on any atom is 0.274 e. The summed E-state index contributed by atoms with van der Waals surface area (Å²) in [5, 5.41) is 9.09. The average Bonchev–Trinajstić information content (AvgIpc) is 2.63. The van der Waals surface area contributed by atoms with Crippen LogP contribution in [0.2, 0.25) is 0 Å². The van der Waals surface area contributed by atoms with Gasteiger partial charge in [0.2, 0.25) is 0 Å². The Hall–Kier alpha value is -2.99. The zero-order valence-corrected chi connectivity index (χ0v) is 15.0. The summed E-state index contributed by atoms with van der Waals surface area (Å²) < 4.78 is 1.51. The van der Waals surface area contributed by atoms with Gasteiger partial charge in [-0.2, -0.15) is 0 Å². The summed E-state index contributed by atoms with van der Waals surface area (Å²) in [5.74, 6) is -0.667. The van der Waals surface area contributed by atoms with Gasteiger partial charge in [0.25, 0.3) is 11.5 Å². The lowest BCUT2D eigenvalue weighted by atomic mass is 9.87. The van der Waals surface area contributed by atoms with Crippen molar-refractivity contribution in [3.05, 3.63) is 75.8 Å². The Balaban J connectivity index is 1.96. The number of fused-ring (bicyclic) bond motifs is 1. The van der Waals surface area contributed by atoms with E-state index in [2.05, 4.69) is 37.9 Å². The number of aromatic nitrogens is 2. The highest BCUT2D eigenvalue weighted by Crippen LogP contribution is 2.22. The van der Waals surface area contributed by atoms with Crippen molar-refractivity contribution in [3.63, 3.8) is 0 Å². The molecule has 1 heterocycles. The number of carbonyl (C=O) groups excluding carboxylic acids is 1. The predicted octanol–water partition coefficient (Wildman–Crippen LogP) is 2.86. The van der Waals surface area contributed by atoms with Crippen LogP contribution in [0, 0.1) is 0 Å². The first-order valence-electron chi connectivity index (χ1n) is 8.32. The number of nitrogens with zero attached hydrogens (tertiary/aromatic N) is 2. The summed E-state index contributed by atoms with van der Waals surface area (Å²) in [6.45, 7) is 6.85. The first kappa shape index (κ1) is 17.8. The molecule has 6 nitrogen and oxygen atoms in total. The van der Waals surface area contributed by atoms with Gasteiger partial charge in [-0.15, -0.1) is 0 Å². The van der Waals surface area contributed by atoms with Gasteiger partial charge in [0.15, 0.2) is 0 Å². The predicted molar refractivity (Wildman–Crippen MR) is 99.5 cm³/mol. The van der Waals surface area contributed by atoms with Gasteiger partial charge < -0.3 is 0 Å². The zero-order chi connectivity index (χ0) is 18.9. The fourth-order valence-corrected chi connectivity index (χ4v) is 2.78. The Bertz CT molecular complexity index is 1020. The first-order valence-corrected chi connectivity index (χ1v) is 8.32. The van der Waals surface area contributed by atoms with Gasteiger partial charge in [-0.05, 0) is 34.7 Å². The highest BCUT2D eigenvalue weighted by atomic mass is 16.5. The molecular weight excluding hydrogens is 330 g/mol. The molecule has 1 aromatic heterocycles. The number of hydrogen-bond donors (Lipinski definition) is 2. The van der Waals surface area contributed by atoms with Crippen LogP contribution in [0.15, 0.2) is 53.6 Å². The van der Waals surface area contributed by atoms with E-state index >= 15 is 0 Å². The molecule has 134 valence electrons. The number of carbonyl (C=O) groups is 1. The summed E-state index contributed by atoms with van der Waals surface area (Å²) in [6, 6.07) is 12.7. The van der Waals surface area contributed by atoms with Gasteiger partial charge in [0.05, 0.1) is 23.8 Å². The molecule has 0 spiro atoms. The van der Waals surface area contributed by atoms with Crippen LogP contribution >= 0.6 is 0 Å². The van der Waals surface area contributed by atoms with E-state index < -0.39 is 5.91 Å². The van der Waals surface area contributed by atoms with E-state index in [1.807, 2.05) is 12.1 Å². The third kappa shape index (κ3) is 3.50. The molecule has 3 rings (SSSR count). The van der Waals surface area contributed by atoms with Crippen LogP contribution in [-0.4, -0.2) is 20.7 Å². The van der Waals surface area contributed by atoms with Gasteiger partial charge in [-0.3, -0.25) is 19.4 Å². The number of nitrogens with one attached hydrogen (secondary N) is 1. The smallest absolute Gasteiger partial charge is 0.274 e. The Morgan fingerprint density at radius 2 is 1.85 bits per heavy atom. The highest BCUT2D eigenvalue weighted by molar-refractivity contribution is 5.97. The fourth-order valence-electron chi connectivity index (χ4n) is 2.78. The van der Waals surface area contributed by atoms with Gasteiger partial charge in [0, 0.05) is 5.56 Å². The van der Waals surface area contributed by atoms with Gasteiger partial charge in [-0.1, -0.05) is 45.0 Å². The lowest BCUT2D eigenvalue weighted by Crippen LogP contribution is -2.23. The van der Waals surface area contributed by atoms with Crippen molar-refractivity contribution in [1.82, 2.24) is 15.0 Å². The minimum absolute atomic E-state index is 0.0730. The van der Waals surface area contributed by atoms with Gasteiger partial charge in [0.1, 0.15) is 0 Å². The maximum absolute atomic E-state index is 12.8. The molecule has 0 saturated heterocycles. The molecule has 0 bridgehead atoms. The number of hydrogen-bond acceptors (Lipinski definition) is 4. The summed E-state index contributed by atoms with van der Waals surface area (Å²) in [6.07, 6.45) is 1.51. The van der Waals surface area contributed by atoms with E-state index in [1.165, 1.54) is 28.6 Å². The molecule has 2 N–H and O–H groups in total. The number of hydroxylamine groups is 1. The average molecular weight is 351 g/mol. The van der Waals surface area contributed by atoms with Crippen molar-refractivity contribution in [2.45, 2.75) is 32.7 Å². The van der Waals surface area contributed by atoms with E-state index in [1.54, 1.807) is 11.5 Å². The Morgan fingerprint density at radius 1 is 1.15 bits per heavy atom. The molecule has 0 fully saturated rings. The summed E-state index contributed by atoms with van der Waals surface area (Å²) >= 11 is 0. The summed E-state index contributed by atoms with van der Waals surface area (Å²) in [5.41, 5.74) is 4.33. The molecular formula is C20H21N3O3. The van der Waals surface area contributed by atoms with Crippen LogP contribution in [0.1, 0.15) is 42.3 Å². The van der Waals surface area contributed by atoms with Crippen LogP contribution in [0.4, 0.5) is 0 Å². The monoisotopic (exact) mass is 351 g/mol. The van der Waals surface area contributed by atoms with Crippen molar-refractivity contribution < 1.29 is 10.0 Å². The van der Waals surface area contributed by atoms with Crippen LogP contribution in [0.5, 0.6) is 0 Å². The maximum atomic E-state index is 12.8. The van der Waals surface area contributed by atoms with E-state index in [-0.39, 0.29) is 16.5 Å². The van der Waals surface area contributed by atoms with E-state index in [0.717, 1.165) is 5.56 Å². The van der Waals surface area contributed by atoms with Crippen molar-refractivity contribution in [2.24, 2.45) is 0 Å². The van der Waals surface area contributed by atoms with Crippen molar-refractivity contribution in [3.8, 4) is 0 Å². The topological polar surface area (TPSA) is 84.2 Å². The normalized spacial score (nSPS) is 11.5. The second-order valence-corrected chi connectivity index (χ2v) is 7.30. The van der Waals surface area contributed by atoms with Crippen LogP contribution in [-0.2, 0) is 12.0 Å². The molecule has 0 unspecified atom stereocenters. The van der Waals surface area contributed by atoms with E-state index in [4.69, 9.17) is 5.21 Å². The van der Waals surface area contributed by atoms with Gasteiger partial charge in [-0.25, -0.2) is 10.5 Å². The first-order chi connectivity index (χ1) is 12.3. The Labute approximate surface area is 151 Å². The minimum atomic E-state index is -0.667. The van der Waals surface area contributed by atoms with Crippen molar-refractivity contribution in [1.29, 1.82) is 0 Å². The number of amides is 1. The van der Waals surface area contributed by atoms with Crippen LogP contribution < -0.4 is 11.0 Å². The summed E-state index contributed by atoms with van der Waals surface area (Å²) in [4.78, 5) is 28.6. The molecule has 0 radical (unpaired) electrons. The molecule has 0 saturated carbocycles. The molecule has 0 aliphatic heterocycles. The molecule has 6 heteroatoms. The SMILES string of the molecule is CC(C)(C)c1ccc(Cn2cnc3ccc(C(=O)NO)cc3c2=O)cc1. The van der Waals surface area contributed by atoms with E-state index in [0.29, 0.717) is 17.4 Å². The quantitative estimate of drug-likeness (QED) is 0.561. The second kappa shape index (κ2) is 6.72. The van der Waals surface area contributed by atoms with Crippen LogP contribution in [0.3, 0.4) is 0 Å². The Morgan fingerprint density at radius 3 is 2.46 bits per heavy atom. The molecule has 0 atom stereocenters. The highest BCUT2D eigenvalue weighted by Gasteiger charge is 2.13. The molecule has 0 aliphatic rings.